The highest BCUT2D eigenvalue weighted by Gasteiger charge is 2.22. The van der Waals surface area contributed by atoms with Crippen LogP contribution in [-0.2, 0) is 16.0 Å². The average molecular weight is 300 g/mol. The van der Waals surface area contributed by atoms with Crippen molar-refractivity contribution in [2.45, 2.75) is 6.42 Å². The predicted molar refractivity (Wildman–Crippen MR) is 84.5 cm³/mol. The van der Waals surface area contributed by atoms with Crippen molar-refractivity contribution < 1.29 is 9.59 Å². The summed E-state index contributed by atoms with van der Waals surface area (Å²) in [6, 6.07) is 8.04. The lowest BCUT2D eigenvalue weighted by molar-refractivity contribution is -0.146. The summed E-state index contributed by atoms with van der Waals surface area (Å²) in [4.78, 5) is 28.7. The third-order valence-electron chi connectivity index (χ3n) is 3.95. The molecular weight excluding hydrogens is 280 g/mol. The molecule has 0 aliphatic carbocycles. The molecule has 0 radical (unpaired) electrons. The van der Waals surface area contributed by atoms with Gasteiger partial charge in [0.15, 0.2) is 0 Å². The van der Waals surface area contributed by atoms with E-state index in [9.17, 15) is 9.59 Å². The number of H-pyrrole nitrogens is 1. The van der Waals surface area contributed by atoms with Crippen LogP contribution in [-0.4, -0.2) is 54.4 Å². The van der Waals surface area contributed by atoms with E-state index >= 15 is 0 Å². The Morgan fingerprint density at radius 1 is 1.18 bits per heavy atom. The number of fused-ring (bicyclic) bond motifs is 1. The maximum atomic E-state index is 12.0. The van der Waals surface area contributed by atoms with Crippen LogP contribution < -0.4 is 10.6 Å². The second kappa shape index (κ2) is 6.62. The summed E-state index contributed by atoms with van der Waals surface area (Å²) in [5.41, 5.74) is 2.23. The van der Waals surface area contributed by atoms with Gasteiger partial charge in [0.25, 0.3) is 0 Å². The first-order valence-corrected chi connectivity index (χ1v) is 7.58. The third kappa shape index (κ3) is 3.12. The van der Waals surface area contributed by atoms with Crippen LogP contribution in [0.15, 0.2) is 30.5 Å². The van der Waals surface area contributed by atoms with Gasteiger partial charge in [-0.05, 0) is 18.1 Å². The second-order valence-corrected chi connectivity index (χ2v) is 5.41. The van der Waals surface area contributed by atoms with E-state index in [1.54, 1.807) is 4.90 Å². The highest BCUT2D eigenvalue weighted by molar-refractivity contribution is 6.35. The van der Waals surface area contributed by atoms with Crippen LogP contribution in [0.1, 0.15) is 5.56 Å². The number of hydrogen-bond acceptors (Lipinski definition) is 3. The summed E-state index contributed by atoms with van der Waals surface area (Å²) in [7, 11) is 0. The minimum atomic E-state index is -0.512. The number of aromatic nitrogens is 1. The molecule has 0 atom stereocenters. The van der Waals surface area contributed by atoms with Crippen LogP contribution in [0.5, 0.6) is 0 Å². The number of aromatic amines is 1. The Labute approximate surface area is 128 Å². The second-order valence-electron chi connectivity index (χ2n) is 5.41. The van der Waals surface area contributed by atoms with Crippen LogP contribution in [0.3, 0.4) is 0 Å². The molecule has 0 spiro atoms. The van der Waals surface area contributed by atoms with Crippen molar-refractivity contribution in [2.75, 3.05) is 32.7 Å². The van der Waals surface area contributed by atoms with E-state index in [4.69, 9.17) is 0 Å². The summed E-state index contributed by atoms with van der Waals surface area (Å²) in [6.07, 6.45) is 2.65. The Kier molecular flexibility index (Phi) is 4.39. The Hall–Kier alpha value is -2.34. The zero-order chi connectivity index (χ0) is 15.4. The number of piperazine rings is 1. The van der Waals surface area contributed by atoms with E-state index in [1.807, 2.05) is 24.4 Å². The van der Waals surface area contributed by atoms with Crippen molar-refractivity contribution in [3.63, 3.8) is 0 Å². The molecule has 1 aromatic heterocycles. The number of benzene rings is 1. The van der Waals surface area contributed by atoms with Crippen LogP contribution in [0.25, 0.3) is 10.9 Å². The monoisotopic (exact) mass is 300 g/mol. The van der Waals surface area contributed by atoms with Crippen molar-refractivity contribution >= 4 is 22.7 Å². The fourth-order valence-electron chi connectivity index (χ4n) is 2.74. The number of carbonyl (C=O) groups is 2. The highest BCUT2D eigenvalue weighted by atomic mass is 16.2. The lowest BCUT2D eigenvalue weighted by Gasteiger charge is -2.26. The van der Waals surface area contributed by atoms with E-state index in [2.05, 4.69) is 21.7 Å². The molecule has 3 rings (SSSR count). The molecule has 1 saturated heterocycles. The maximum Gasteiger partial charge on any atom is 0.311 e. The molecule has 6 nitrogen and oxygen atoms in total. The van der Waals surface area contributed by atoms with Crippen LogP contribution in [0.2, 0.25) is 0 Å². The lowest BCUT2D eigenvalue weighted by Crippen LogP contribution is -2.51. The molecule has 2 heterocycles. The Balaban J connectivity index is 1.52. The van der Waals surface area contributed by atoms with Gasteiger partial charge in [-0.2, -0.15) is 0 Å². The molecular formula is C16H20N4O2. The van der Waals surface area contributed by atoms with Crippen LogP contribution in [0.4, 0.5) is 0 Å². The molecule has 2 aromatic rings. The van der Waals surface area contributed by atoms with Gasteiger partial charge in [0.1, 0.15) is 0 Å². The van der Waals surface area contributed by atoms with Crippen LogP contribution >= 0.6 is 0 Å². The number of carbonyl (C=O) groups excluding carboxylic acids is 2. The molecule has 3 N–H and O–H groups in total. The first kappa shape index (κ1) is 14.6. The first-order chi connectivity index (χ1) is 10.8. The van der Waals surface area contributed by atoms with Crippen molar-refractivity contribution in [3.8, 4) is 0 Å². The van der Waals surface area contributed by atoms with Gasteiger partial charge >= 0.3 is 11.8 Å². The summed E-state index contributed by atoms with van der Waals surface area (Å²) in [5, 5.41) is 7.03. The molecule has 1 aliphatic rings. The fourth-order valence-corrected chi connectivity index (χ4v) is 2.74. The van der Waals surface area contributed by atoms with Crippen LogP contribution in [0, 0.1) is 0 Å². The SMILES string of the molecule is O=C(NCCc1c[nH]c2ccccc12)C(=O)N1CCNCC1. The summed E-state index contributed by atoms with van der Waals surface area (Å²) in [5.74, 6) is -0.942. The number of hydrogen-bond donors (Lipinski definition) is 3. The van der Waals surface area contributed by atoms with Gasteiger partial charge in [0.2, 0.25) is 0 Å². The number of nitrogens with zero attached hydrogens (tertiary/aromatic N) is 1. The number of rotatable bonds is 3. The first-order valence-electron chi connectivity index (χ1n) is 7.58. The van der Waals surface area contributed by atoms with Gasteiger partial charge < -0.3 is 20.5 Å². The number of nitrogens with one attached hydrogen (secondary N) is 3. The molecule has 0 unspecified atom stereocenters. The van der Waals surface area contributed by atoms with E-state index in [0.29, 0.717) is 26.1 Å². The summed E-state index contributed by atoms with van der Waals surface area (Å²) < 4.78 is 0. The van der Waals surface area contributed by atoms with E-state index in [-0.39, 0.29) is 0 Å². The topological polar surface area (TPSA) is 77.2 Å². The summed E-state index contributed by atoms with van der Waals surface area (Å²) >= 11 is 0. The van der Waals surface area contributed by atoms with Gasteiger partial charge in [-0.3, -0.25) is 9.59 Å². The van der Waals surface area contributed by atoms with E-state index in [0.717, 1.165) is 29.6 Å². The predicted octanol–water partition coefficient (Wildman–Crippen LogP) is 0.258. The minimum Gasteiger partial charge on any atom is -0.361 e. The Morgan fingerprint density at radius 2 is 1.95 bits per heavy atom. The number of para-hydroxylation sites is 1. The molecule has 2 amide bonds. The molecule has 1 aromatic carbocycles. The normalized spacial score (nSPS) is 15.0. The van der Waals surface area contributed by atoms with E-state index in [1.165, 1.54) is 0 Å². The molecule has 116 valence electrons. The molecule has 22 heavy (non-hydrogen) atoms. The van der Waals surface area contributed by atoms with Crippen molar-refractivity contribution in [3.05, 3.63) is 36.0 Å². The maximum absolute atomic E-state index is 12.0. The third-order valence-corrected chi connectivity index (χ3v) is 3.95. The van der Waals surface area contributed by atoms with Gasteiger partial charge in [-0.15, -0.1) is 0 Å². The Morgan fingerprint density at radius 3 is 2.77 bits per heavy atom. The smallest absolute Gasteiger partial charge is 0.311 e. The largest absolute Gasteiger partial charge is 0.361 e. The fraction of sp³-hybridized carbons (Fsp3) is 0.375. The average Bonchev–Trinajstić information content (AvgIpc) is 2.98. The molecule has 0 bridgehead atoms. The van der Waals surface area contributed by atoms with Gasteiger partial charge in [0, 0.05) is 49.8 Å². The van der Waals surface area contributed by atoms with Crippen molar-refractivity contribution in [2.24, 2.45) is 0 Å². The molecule has 0 saturated carbocycles. The summed E-state index contributed by atoms with van der Waals surface area (Å²) in [6.45, 7) is 3.13. The lowest BCUT2D eigenvalue weighted by atomic mass is 10.1. The van der Waals surface area contributed by atoms with E-state index < -0.39 is 11.8 Å². The molecule has 1 fully saturated rings. The Bertz CT molecular complexity index is 674. The van der Waals surface area contributed by atoms with Crippen molar-refractivity contribution in [1.29, 1.82) is 0 Å². The number of amides is 2. The quantitative estimate of drug-likeness (QED) is 0.712. The van der Waals surface area contributed by atoms with Gasteiger partial charge in [-0.25, -0.2) is 0 Å². The van der Waals surface area contributed by atoms with Crippen molar-refractivity contribution in [1.82, 2.24) is 20.5 Å². The standard InChI is InChI=1S/C16H20N4O2/c21-15(16(22)20-9-7-17-8-10-20)18-6-5-12-11-19-14-4-2-1-3-13(12)14/h1-4,11,17,19H,5-10H2,(H,18,21). The highest BCUT2D eigenvalue weighted by Crippen LogP contribution is 2.17. The molecule has 6 heteroatoms. The molecule has 1 aliphatic heterocycles. The van der Waals surface area contributed by atoms with Gasteiger partial charge in [-0.1, -0.05) is 18.2 Å². The minimum absolute atomic E-state index is 0.430. The zero-order valence-electron chi connectivity index (χ0n) is 12.4. The van der Waals surface area contributed by atoms with Gasteiger partial charge in [0.05, 0.1) is 0 Å². The zero-order valence-corrected chi connectivity index (χ0v) is 12.4.